The molecule has 0 unspecified atom stereocenters. The summed E-state index contributed by atoms with van der Waals surface area (Å²) >= 11 is 0. The third-order valence-electron chi connectivity index (χ3n) is 4.88. The molecule has 9 nitrogen and oxygen atoms in total. The number of hydrogen-bond acceptors (Lipinski definition) is 6. The van der Waals surface area contributed by atoms with E-state index in [1.54, 1.807) is 35.0 Å². The van der Waals surface area contributed by atoms with Gasteiger partial charge in [0, 0.05) is 23.5 Å². The molecule has 31 heavy (non-hydrogen) atoms. The van der Waals surface area contributed by atoms with Crippen molar-refractivity contribution in [3.63, 3.8) is 0 Å². The van der Waals surface area contributed by atoms with Gasteiger partial charge in [0.1, 0.15) is 23.1 Å². The quantitative estimate of drug-likeness (QED) is 0.468. The second kappa shape index (κ2) is 7.07. The molecule has 0 aliphatic carbocycles. The van der Waals surface area contributed by atoms with E-state index in [0.717, 1.165) is 0 Å². The lowest BCUT2D eigenvalue weighted by Crippen LogP contribution is -2.25. The number of rotatable bonds is 4. The van der Waals surface area contributed by atoms with Gasteiger partial charge in [-0.05, 0) is 30.3 Å². The molecule has 0 spiro atoms. The van der Waals surface area contributed by atoms with Gasteiger partial charge in [-0.2, -0.15) is 5.26 Å². The molecule has 154 valence electrons. The van der Waals surface area contributed by atoms with Gasteiger partial charge in [-0.15, -0.1) is 0 Å². The van der Waals surface area contributed by atoms with Gasteiger partial charge in [0.15, 0.2) is 29.6 Å². The van der Waals surface area contributed by atoms with Gasteiger partial charge >= 0.3 is 0 Å². The number of methoxy groups -OCH3 is 1. The average Bonchev–Trinajstić information content (AvgIpc) is 3.34. The van der Waals surface area contributed by atoms with Crippen LogP contribution >= 0.6 is 0 Å². The summed E-state index contributed by atoms with van der Waals surface area (Å²) in [4.78, 5) is 16.3. The van der Waals surface area contributed by atoms with Crippen LogP contribution < -0.4 is 20.1 Å². The minimum absolute atomic E-state index is 0.0371. The van der Waals surface area contributed by atoms with Crippen LogP contribution in [0.3, 0.4) is 0 Å². The van der Waals surface area contributed by atoms with Gasteiger partial charge in [0.2, 0.25) is 0 Å². The van der Waals surface area contributed by atoms with E-state index in [1.165, 1.54) is 19.2 Å². The van der Waals surface area contributed by atoms with E-state index in [4.69, 9.17) is 9.47 Å². The van der Waals surface area contributed by atoms with E-state index in [0.29, 0.717) is 45.4 Å². The molecule has 0 atom stereocenters. The Kier molecular flexibility index (Phi) is 4.22. The number of carbonyl (C=O) groups is 1. The highest BCUT2D eigenvalue weighted by Gasteiger charge is 2.22. The highest BCUT2D eigenvalue weighted by Crippen LogP contribution is 2.37. The first-order valence-electron chi connectivity index (χ1n) is 9.25. The Morgan fingerprint density at radius 1 is 1.32 bits per heavy atom. The number of amides is 1. The van der Waals surface area contributed by atoms with Crippen LogP contribution in [0.15, 0.2) is 42.6 Å². The van der Waals surface area contributed by atoms with Crippen molar-refractivity contribution in [1.29, 1.82) is 5.26 Å². The summed E-state index contributed by atoms with van der Waals surface area (Å²) in [5, 5.41) is 18.4. The van der Waals surface area contributed by atoms with Crippen molar-refractivity contribution in [1.82, 2.24) is 14.6 Å². The smallest absolute Gasteiger partial charge is 0.262 e. The number of halogens is 1. The van der Waals surface area contributed by atoms with Crippen molar-refractivity contribution in [2.24, 2.45) is 0 Å². The Hall–Kier alpha value is -4.52. The first kappa shape index (κ1) is 18.5. The van der Waals surface area contributed by atoms with Gasteiger partial charge in [-0.25, -0.2) is 13.9 Å². The summed E-state index contributed by atoms with van der Waals surface area (Å²) < 4.78 is 25.9. The molecule has 2 aromatic heterocycles. The van der Waals surface area contributed by atoms with E-state index in [-0.39, 0.29) is 18.3 Å². The van der Waals surface area contributed by atoms with E-state index < -0.39 is 5.82 Å². The number of hydrogen-bond donors (Lipinski definition) is 3. The van der Waals surface area contributed by atoms with Crippen molar-refractivity contribution in [2.45, 2.75) is 0 Å². The third kappa shape index (κ3) is 3.08. The minimum atomic E-state index is -0.483. The second-order valence-electron chi connectivity index (χ2n) is 6.79. The predicted octanol–water partition coefficient (Wildman–Crippen LogP) is 3.42. The van der Waals surface area contributed by atoms with Crippen LogP contribution in [-0.4, -0.2) is 34.2 Å². The number of ether oxygens (including phenoxy) is 2. The number of fused-ring (bicyclic) bond motifs is 2. The maximum Gasteiger partial charge on any atom is 0.262 e. The molecule has 4 aromatic rings. The van der Waals surface area contributed by atoms with Crippen LogP contribution in [-0.2, 0) is 4.79 Å². The van der Waals surface area contributed by atoms with E-state index >= 15 is 0 Å². The molecule has 0 fully saturated rings. The molecule has 10 heteroatoms. The first-order valence-corrected chi connectivity index (χ1v) is 9.25. The molecule has 3 N–H and O–H groups in total. The summed E-state index contributed by atoms with van der Waals surface area (Å²) in [6.07, 6.45) is 1.55. The minimum Gasteiger partial charge on any atom is -0.494 e. The summed E-state index contributed by atoms with van der Waals surface area (Å²) in [6, 6.07) is 11.8. The highest BCUT2D eigenvalue weighted by atomic mass is 19.1. The molecule has 0 radical (unpaired) electrons. The fourth-order valence-corrected chi connectivity index (χ4v) is 3.42. The van der Waals surface area contributed by atoms with Crippen molar-refractivity contribution in [3.05, 3.63) is 54.0 Å². The normalized spacial score (nSPS) is 12.6. The number of benzene rings is 2. The summed E-state index contributed by atoms with van der Waals surface area (Å²) in [7, 11) is 1.39. The Morgan fingerprint density at radius 2 is 2.19 bits per heavy atom. The number of carbonyl (C=O) groups excluding carboxylic acids is 1. The number of anilines is 3. The van der Waals surface area contributed by atoms with Gasteiger partial charge < -0.3 is 20.1 Å². The van der Waals surface area contributed by atoms with Crippen LogP contribution in [0.25, 0.3) is 16.9 Å². The largest absolute Gasteiger partial charge is 0.494 e. The molecule has 0 saturated carbocycles. The number of nitriles is 1. The Bertz CT molecular complexity index is 1380. The number of aromatic amines is 1. The molecule has 1 aliphatic rings. The lowest BCUT2D eigenvalue weighted by Gasteiger charge is -2.18. The zero-order valence-corrected chi connectivity index (χ0v) is 16.2. The number of H-pyrrole nitrogens is 1. The van der Waals surface area contributed by atoms with Gasteiger partial charge in [0.25, 0.3) is 5.91 Å². The molecule has 0 bridgehead atoms. The third-order valence-corrected chi connectivity index (χ3v) is 4.88. The molecular weight excluding hydrogens is 403 g/mol. The van der Waals surface area contributed by atoms with Crippen LogP contribution in [0.4, 0.5) is 21.6 Å². The zero-order chi connectivity index (χ0) is 21.5. The second-order valence-corrected chi connectivity index (χ2v) is 6.79. The monoisotopic (exact) mass is 418 g/mol. The highest BCUT2D eigenvalue weighted by molar-refractivity contribution is 5.96. The summed E-state index contributed by atoms with van der Waals surface area (Å²) in [5.41, 5.74) is 3.08. The molecule has 0 saturated heterocycles. The lowest BCUT2D eigenvalue weighted by molar-refractivity contribution is -0.118. The van der Waals surface area contributed by atoms with Gasteiger partial charge in [-0.1, -0.05) is 0 Å². The topological polar surface area (TPSA) is 116 Å². The number of imidazole rings is 1. The van der Waals surface area contributed by atoms with Crippen molar-refractivity contribution >= 4 is 28.7 Å². The van der Waals surface area contributed by atoms with Crippen molar-refractivity contribution in [2.75, 3.05) is 24.4 Å². The summed E-state index contributed by atoms with van der Waals surface area (Å²) in [6.45, 7) is -0.0371. The Labute approximate surface area is 175 Å². The molecule has 1 aliphatic heterocycles. The standard InChI is InChI=1S/C21H15FN6O3/c1-30-17-7-13(3-4-14(17)22)25-21-19(27-20-12(8-23)9-24-28(20)21)11-2-5-16-15(6-11)26-18(29)10-31-16/h2-7,9,24-25H,10H2,1H3,(H,26,29). The molecule has 3 heterocycles. The molecular formula is C21H15FN6O3. The van der Waals surface area contributed by atoms with E-state index in [1.807, 2.05) is 0 Å². The van der Waals surface area contributed by atoms with Crippen LogP contribution in [0.1, 0.15) is 5.56 Å². The maximum absolute atomic E-state index is 13.8. The van der Waals surface area contributed by atoms with Crippen molar-refractivity contribution < 1.29 is 18.7 Å². The Balaban J connectivity index is 1.65. The summed E-state index contributed by atoms with van der Waals surface area (Å²) in [5.74, 6) is 0.441. The van der Waals surface area contributed by atoms with Gasteiger partial charge in [0.05, 0.1) is 12.8 Å². The van der Waals surface area contributed by atoms with Crippen LogP contribution in [0.5, 0.6) is 11.5 Å². The maximum atomic E-state index is 13.8. The number of nitrogens with zero attached hydrogens (tertiary/aromatic N) is 3. The van der Waals surface area contributed by atoms with E-state index in [2.05, 4.69) is 26.8 Å². The van der Waals surface area contributed by atoms with E-state index in [9.17, 15) is 14.4 Å². The SMILES string of the molecule is COc1cc(Nc2c(-c3ccc4c(c3)NC(=O)CO4)nc3c(C#N)c[nH]n23)ccc1F. The first-order chi connectivity index (χ1) is 15.1. The van der Waals surface area contributed by atoms with Gasteiger partial charge in [-0.3, -0.25) is 9.89 Å². The predicted molar refractivity (Wildman–Crippen MR) is 110 cm³/mol. The average molecular weight is 418 g/mol. The van der Waals surface area contributed by atoms with Crippen molar-refractivity contribution in [3.8, 4) is 28.8 Å². The number of aromatic nitrogens is 3. The molecule has 5 rings (SSSR count). The van der Waals surface area contributed by atoms with Crippen LogP contribution in [0.2, 0.25) is 0 Å². The fraction of sp³-hybridized carbons (Fsp3) is 0.0952. The number of nitrogens with one attached hydrogen (secondary N) is 3. The fourth-order valence-electron chi connectivity index (χ4n) is 3.42. The lowest BCUT2D eigenvalue weighted by atomic mass is 10.1. The molecule has 1 amide bonds. The zero-order valence-electron chi connectivity index (χ0n) is 16.2. The molecule has 2 aromatic carbocycles. The van der Waals surface area contributed by atoms with Crippen LogP contribution in [0, 0.1) is 17.1 Å². The Morgan fingerprint density at radius 3 is 3.00 bits per heavy atom.